The van der Waals surface area contributed by atoms with Gasteiger partial charge in [0.15, 0.2) is 0 Å². The molecule has 2 rings (SSSR count). The van der Waals surface area contributed by atoms with Crippen LogP contribution >= 0.6 is 11.6 Å². The number of fused-ring (bicyclic) bond motifs is 1. The molecule has 0 fully saturated rings. The SMILES string of the molecule is CC1Nc2cc(Cl)ccc2OC1C#N. The fourth-order valence-electron chi connectivity index (χ4n) is 1.42. The van der Waals surface area contributed by atoms with E-state index in [4.69, 9.17) is 21.6 Å². The van der Waals surface area contributed by atoms with Crippen molar-refractivity contribution in [2.45, 2.75) is 19.1 Å². The normalized spacial score (nSPS) is 24.1. The third-order valence-corrected chi connectivity index (χ3v) is 2.40. The van der Waals surface area contributed by atoms with Crippen LogP contribution in [-0.2, 0) is 0 Å². The number of anilines is 1. The van der Waals surface area contributed by atoms with Gasteiger partial charge in [-0.2, -0.15) is 5.26 Å². The van der Waals surface area contributed by atoms with E-state index in [0.717, 1.165) is 5.69 Å². The molecule has 0 bridgehead atoms. The van der Waals surface area contributed by atoms with Crippen LogP contribution in [0.25, 0.3) is 0 Å². The maximum atomic E-state index is 8.80. The van der Waals surface area contributed by atoms with Crippen LogP contribution in [0.5, 0.6) is 5.75 Å². The van der Waals surface area contributed by atoms with Crippen molar-refractivity contribution >= 4 is 17.3 Å². The van der Waals surface area contributed by atoms with Crippen molar-refractivity contribution in [3.63, 3.8) is 0 Å². The number of hydrogen-bond acceptors (Lipinski definition) is 3. The molecule has 0 amide bonds. The van der Waals surface area contributed by atoms with Crippen molar-refractivity contribution in [1.82, 2.24) is 0 Å². The maximum Gasteiger partial charge on any atom is 0.204 e. The first-order valence-corrected chi connectivity index (χ1v) is 4.71. The van der Waals surface area contributed by atoms with Crippen molar-refractivity contribution in [2.75, 3.05) is 5.32 Å². The summed E-state index contributed by atoms with van der Waals surface area (Å²) in [6.45, 7) is 1.90. The second-order valence-electron chi connectivity index (χ2n) is 3.24. The lowest BCUT2D eigenvalue weighted by atomic mass is 10.1. The quantitative estimate of drug-likeness (QED) is 0.712. The first kappa shape index (κ1) is 9.17. The van der Waals surface area contributed by atoms with Crippen molar-refractivity contribution in [2.24, 2.45) is 0 Å². The zero-order valence-corrected chi connectivity index (χ0v) is 8.38. The van der Waals surface area contributed by atoms with Crippen LogP contribution in [-0.4, -0.2) is 12.1 Å². The molecular weight excluding hydrogens is 200 g/mol. The van der Waals surface area contributed by atoms with E-state index in [-0.39, 0.29) is 6.04 Å². The summed E-state index contributed by atoms with van der Waals surface area (Å²) in [4.78, 5) is 0. The molecule has 0 aromatic heterocycles. The minimum atomic E-state index is -0.441. The molecule has 14 heavy (non-hydrogen) atoms. The molecule has 0 spiro atoms. The van der Waals surface area contributed by atoms with Crippen LogP contribution in [0.2, 0.25) is 5.02 Å². The van der Waals surface area contributed by atoms with Crippen LogP contribution in [0.15, 0.2) is 18.2 Å². The Bertz CT molecular complexity index is 400. The molecule has 1 heterocycles. The van der Waals surface area contributed by atoms with Crippen molar-refractivity contribution in [1.29, 1.82) is 5.26 Å². The molecule has 1 aromatic carbocycles. The van der Waals surface area contributed by atoms with Gasteiger partial charge in [-0.05, 0) is 25.1 Å². The van der Waals surface area contributed by atoms with Gasteiger partial charge < -0.3 is 10.1 Å². The van der Waals surface area contributed by atoms with Gasteiger partial charge in [-0.15, -0.1) is 0 Å². The number of rotatable bonds is 0. The summed E-state index contributed by atoms with van der Waals surface area (Å²) in [6, 6.07) is 7.37. The molecule has 1 aliphatic rings. The van der Waals surface area contributed by atoms with Gasteiger partial charge >= 0.3 is 0 Å². The monoisotopic (exact) mass is 208 g/mol. The Kier molecular flexibility index (Phi) is 2.22. The molecule has 1 aliphatic heterocycles. The minimum Gasteiger partial charge on any atom is -0.471 e. The van der Waals surface area contributed by atoms with E-state index in [1.807, 2.05) is 6.92 Å². The maximum absolute atomic E-state index is 8.80. The second-order valence-corrected chi connectivity index (χ2v) is 3.68. The summed E-state index contributed by atoms with van der Waals surface area (Å²) in [5, 5.41) is 12.6. The number of halogens is 1. The first-order chi connectivity index (χ1) is 6.70. The Morgan fingerprint density at radius 1 is 1.57 bits per heavy atom. The molecule has 0 saturated carbocycles. The van der Waals surface area contributed by atoms with Gasteiger partial charge in [0.1, 0.15) is 11.8 Å². The third-order valence-electron chi connectivity index (χ3n) is 2.16. The zero-order chi connectivity index (χ0) is 10.1. The highest BCUT2D eigenvalue weighted by molar-refractivity contribution is 6.30. The topological polar surface area (TPSA) is 45.0 Å². The molecular formula is C10H9ClN2O. The van der Waals surface area contributed by atoms with E-state index in [0.29, 0.717) is 10.8 Å². The van der Waals surface area contributed by atoms with Crippen molar-refractivity contribution in [3.8, 4) is 11.8 Å². The highest BCUT2D eigenvalue weighted by Gasteiger charge is 2.25. The summed E-state index contributed by atoms with van der Waals surface area (Å²) < 4.78 is 5.47. The largest absolute Gasteiger partial charge is 0.471 e. The average Bonchev–Trinajstić information content (AvgIpc) is 2.16. The molecule has 1 aromatic rings. The fraction of sp³-hybridized carbons (Fsp3) is 0.300. The highest BCUT2D eigenvalue weighted by atomic mass is 35.5. The molecule has 0 radical (unpaired) electrons. The van der Waals surface area contributed by atoms with Crippen LogP contribution in [0.1, 0.15) is 6.92 Å². The molecule has 2 unspecified atom stereocenters. The highest BCUT2D eigenvalue weighted by Crippen LogP contribution is 2.33. The zero-order valence-electron chi connectivity index (χ0n) is 7.62. The Hall–Kier alpha value is -1.40. The van der Waals surface area contributed by atoms with E-state index in [1.54, 1.807) is 18.2 Å². The van der Waals surface area contributed by atoms with Crippen LogP contribution in [0.3, 0.4) is 0 Å². The Morgan fingerprint density at radius 3 is 3.07 bits per heavy atom. The molecule has 1 N–H and O–H groups in total. The number of ether oxygens (including phenoxy) is 1. The van der Waals surface area contributed by atoms with Crippen LogP contribution in [0.4, 0.5) is 5.69 Å². The van der Waals surface area contributed by atoms with Crippen molar-refractivity contribution in [3.05, 3.63) is 23.2 Å². The van der Waals surface area contributed by atoms with E-state index in [9.17, 15) is 0 Å². The number of benzene rings is 1. The average molecular weight is 209 g/mol. The number of nitrogens with one attached hydrogen (secondary N) is 1. The smallest absolute Gasteiger partial charge is 0.204 e. The van der Waals surface area contributed by atoms with Gasteiger partial charge in [-0.3, -0.25) is 0 Å². The van der Waals surface area contributed by atoms with E-state index < -0.39 is 6.10 Å². The lowest BCUT2D eigenvalue weighted by Crippen LogP contribution is -2.38. The molecule has 0 aliphatic carbocycles. The second kappa shape index (κ2) is 3.39. The van der Waals surface area contributed by atoms with Crippen LogP contribution in [0, 0.1) is 11.3 Å². The molecule has 0 saturated heterocycles. The molecule has 3 nitrogen and oxygen atoms in total. The summed E-state index contributed by atoms with van der Waals surface area (Å²) in [5.41, 5.74) is 0.844. The van der Waals surface area contributed by atoms with Crippen LogP contribution < -0.4 is 10.1 Å². The Labute approximate surface area is 87.2 Å². The lowest BCUT2D eigenvalue weighted by Gasteiger charge is -2.28. The van der Waals surface area contributed by atoms with Crippen molar-refractivity contribution < 1.29 is 4.74 Å². The minimum absolute atomic E-state index is 0.0223. The van der Waals surface area contributed by atoms with Gasteiger partial charge in [0.25, 0.3) is 0 Å². The van der Waals surface area contributed by atoms with Gasteiger partial charge in [0.05, 0.1) is 11.7 Å². The predicted octanol–water partition coefficient (Wildman–Crippen LogP) is 2.42. The first-order valence-electron chi connectivity index (χ1n) is 4.33. The Morgan fingerprint density at radius 2 is 2.36 bits per heavy atom. The summed E-state index contributed by atoms with van der Waals surface area (Å²) in [6.07, 6.45) is -0.441. The third kappa shape index (κ3) is 1.49. The standard InChI is InChI=1S/C10H9ClN2O/c1-6-10(5-12)14-9-3-2-7(11)4-8(9)13-6/h2-4,6,10,13H,1H3. The summed E-state index contributed by atoms with van der Waals surface area (Å²) in [7, 11) is 0. The van der Waals surface area contributed by atoms with E-state index >= 15 is 0 Å². The fourth-order valence-corrected chi connectivity index (χ4v) is 1.59. The number of nitriles is 1. The summed E-state index contributed by atoms with van der Waals surface area (Å²) in [5.74, 6) is 0.680. The lowest BCUT2D eigenvalue weighted by molar-refractivity contribution is 0.227. The molecule has 4 heteroatoms. The number of hydrogen-bond donors (Lipinski definition) is 1. The number of nitrogens with zero attached hydrogens (tertiary/aromatic N) is 1. The molecule has 72 valence electrons. The van der Waals surface area contributed by atoms with E-state index in [1.165, 1.54) is 0 Å². The van der Waals surface area contributed by atoms with Gasteiger partial charge in [0, 0.05) is 5.02 Å². The Balaban J connectivity index is 2.36. The van der Waals surface area contributed by atoms with Gasteiger partial charge in [0.2, 0.25) is 6.10 Å². The van der Waals surface area contributed by atoms with Gasteiger partial charge in [-0.25, -0.2) is 0 Å². The molecule has 2 atom stereocenters. The van der Waals surface area contributed by atoms with E-state index in [2.05, 4.69) is 11.4 Å². The van der Waals surface area contributed by atoms with Gasteiger partial charge in [-0.1, -0.05) is 11.6 Å². The predicted molar refractivity (Wildman–Crippen MR) is 54.6 cm³/mol. The summed E-state index contributed by atoms with van der Waals surface area (Å²) >= 11 is 5.83.